The van der Waals surface area contributed by atoms with E-state index in [0.29, 0.717) is 0 Å². The molecule has 3 rings (SSSR count). The average molecular weight is 435 g/mol. The number of hydrogen-bond acceptors (Lipinski definition) is 8. The molecule has 30 heavy (non-hydrogen) atoms. The van der Waals surface area contributed by atoms with Crippen LogP contribution in [0.3, 0.4) is 0 Å². The number of benzene rings is 1. The molecule has 7 N–H and O–H groups in total. The van der Waals surface area contributed by atoms with Crippen LogP contribution in [0.25, 0.3) is 0 Å². The monoisotopic (exact) mass is 434 g/mol. The van der Waals surface area contributed by atoms with E-state index in [9.17, 15) is 18.0 Å². The molecule has 1 heterocycles. The first-order valence-corrected chi connectivity index (χ1v) is 11.2. The fourth-order valence-corrected chi connectivity index (χ4v) is 4.61. The summed E-state index contributed by atoms with van der Waals surface area (Å²) >= 11 is 0. The van der Waals surface area contributed by atoms with Gasteiger partial charge in [0.1, 0.15) is 5.56 Å². The van der Waals surface area contributed by atoms with Crippen LogP contribution in [0.2, 0.25) is 0 Å². The molecule has 1 amide bonds. The van der Waals surface area contributed by atoms with Crippen molar-refractivity contribution in [2.24, 2.45) is 11.5 Å². The molecule has 2 atom stereocenters. The van der Waals surface area contributed by atoms with E-state index in [4.69, 9.17) is 11.5 Å². The van der Waals surface area contributed by atoms with E-state index >= 15 is 0 Å². The zero-order chi connectivity index (χ0) is 22.1. The Morgan fingerprint density at radius 2 is 1.97 bits per heavy atom. The fourth-order valence-electron chi connectivity index (χ4n) is 3.40. The molecule has 1 fully saturated rings. The number of nitrogens with zero attached hydrogens (tertiary/aromatic N) is 1. The van der Waals surface area contributed by atoms with Crippen LogP contribution >= 0.6 is 0 Å². The number of aromatic nitrogens is 2. The lowest BCUT2D eigenvalue weighted by atomic mass is 10.2. The van der Waals surface area contributed by atoms with Crippen molar-refractivity contribution in [1.29, 1.82) is 0 Å². The molecule has 1 aromatic carbocycles. The number of para-hydroxylation sites is 1. The third kappa shape index (κ3) is 4.31. The van der Waals surface area contributed by atoms with Gasteiger partial charge in [0, 0.05) is 12.1 Å². The SMILES string of the molecule is CC(C)S(=O)(=O)c1ccccc1Nc1nc(N[C@H]2CCC[C@H]2N)[nH]c(=O)c1C(N)=O. The number of aromatic amines is 1. The number of anilines is 3. The van der Waals surface area contributed by atoms with E-state index in [0.717, 1.165) is 19.3 Å². The third-order valence-corrected chi connectivity index (χ3v) is 7.33. The van der Waals surface area contributed by atoms with E-state index in [1.54, 1.807) is 26.0 Å². The van der Waals surface area contributed by atoms with Crippen molar-refractivity contribution in [2.45, 2.75) is 55.3 Å². The van der Waals surface area contributed by atoms with Crippen LogP contribution in [-0.2, 0) is 9.84 Å². The highest BCUT2D eigenvalue weighted by molar-refractivity contribution is 7.92. The minimum Gasteiger partial charge on any atom is -0.365 e. The molecule has 1 aromatic heterocycles. The maximum atomic E-state index is 12.7. The second-order valence-corrected chi connectivity index (χ2v) is 10.0. The summed E-state index contributed by atoms with van der Waals surface area (Å²) in [5, 5.41) is 5.24. The van der Waals surface area contributed by atoms with Gasteiger partial charge in [-0.15, -0.1) is 0 Å². The highest BCUT2D eigenvalue weighted by Crippen LogP contribution is 2.28. The first-order chi connectivity index (χ1) is 14.1. The number of nitrogens with one attached hydrogen (secondary N) is 3. The Bertz CT molecular complexity index is 1110. The first kappa shape index (κ1) is 21.8. The number of hydrogen-bond donors (Lipinski definition) is 5. The van der Waals surface area contributed by atoms with E-state index in [-0.39, 0.29) is 34.4 Å². The van der Waals surface area contributed by atoms with Crippen LogP contribution in [0.4, 0.5) is 17.5 Å². The van der Waals surface area contributed by atoms with Crippen molar-refractivity contribution < 1.29 is 13.2 Å². The highest BCUT2D eigenvalue weighted by atomic mass is 32.2. The van der Waals surface area contributed by atoms with Gasteiger partial charge in [-0.05, 0) is 45.2 Å². The zero-order valence-electron chi connectivity index (χ0n) is 16.8. The summed E-state index contributed by atoms with van der Waals surface area (Å²) in [5.74, 6) is -0.995. The lowest BCUT2D eigenvalue weighted by molar-refractivity contribution is 0.0999. The molecule has 0 spiro atoms. The molecule has 0 bridgehead atoms. The van der Waals surface area contributed by atoms with E-state index in [1.165, 1.54) is 12.1 Å². The molecule has 0 unspecified atom stereocenters. The topological polar surface area (TPSA) is 173 Å². The maximum absolute atomic E-state index is 12.7. The summed E-state index contributed by atoms with van der Waals surface area (Å²) in [6.07, 6.45) is 2.63. The molecule has 0 radical (unpaired) electrons. The largest absolute Gasteiger partial charge is 0.365 e. The Hall–Kier alpha value is -2.92. The molecular formula is C19H26N6O4S. The average Bonchev–Trinajstić information content (AvgIpc) is 3.06. The van der Waals surface area contributed by atoms with Crippen molar-refractivity contribution in [2.75, 3.05) is 10.6 Å². The van der Waals surface area contributed by atoms with Crippen LogP contribution in [0.1, 0.15) is 43.5 Å². The lowest BCUT2D eigenvalue weighted by Gasteiger charge is -2.19. The molecule has 162 valence electrons. The quantitative estimate of drug-likeness (QED) is 0.430. The number of carbonyl (C=O) groups is 1. The second kappa shape index (κ2) is 8.44. The number of primary amides is 1. The molecule has 1 saturated carbocycles. The fraction of sp³-hybridized carbons (Fsp3) is 0.421. The molecule has 11 heteroatoms. The molecule has 2 aromatic rings. The van der Waals surface area contributed by atoms with Crippen molar-refractivity contribution in [3.63, 3.8) is 0 Å². The Labute approximate surface area is 174 Å². The van der Waals surface area contributed by atoms with Crippen LogP contribution in [-0.4, -0.2) is 41.6 Å². The van der Waals surface area contributed by atoms with Gasteiger partial charge in [-0.3, -0.25) is 14.6 Å². The van der Waals surface area contributed by atoms with Gasteiger partial charge < -0.3 is 22.1 Å². The summed E-state index contributed by atoms with van der Waals surface area (Å²) in [6, 6.07) is 6.05. The van der Waals surface area contributed by atoms with E-state index in [1.807, 2.05) is 0 Å². The van der Waals surface area contributed by atoms with Gasteiger partial charge in [-0.25, -0.2) is 8.42 Å². The van der Waals surface area contributed by atoms with Gasteiger partial charge in [0.2, 0.25) is 5.95 Å². The van der Waals surface area contributed by atoms with Crippen LogP contribution in [0, 0.1) is 0 Å². The first-order valence-electron chi connectivity index (χ1n) is 9.67. The predicted molar refractivity (Wildman–Crippen MR) is 115 cm³/mol. The lowest BCUT2D eigenvalue weighted by Crippen LogP contribution is -2.37. The number of nitrogens with two attached hydrogens (primary N) is 2. The molecule has 10 nitrogen and oxygen atoms in total. The molecule has 1 aliphatic rings. The number of sulfone groups is 1. The van der Waals surface area contributed by atoms with Crippen LogP contribution in [0.5, 0.6) is 0 Å². The normalized spacial score (nSPS) is 19.1. The molecule has 1 aliphatic carbocycles. The van der Waals surface area contributed by atoms with Crippen LogP contribution in [0.15, 0.2) is 34.0 Å². The maximum Gasteiger partial charge on any atom is 0.267 e. The summed E-state index contributed by atoms with van der Waals surface area (Å²) in [6.45, 7) is 3.14. The number of H-pyrrole nitrogens is 1. The van der Waals surface area contributed by atoms with Crippen molar-refractivity contribution in [1.82, 2.24) is 9.97 Å². The Morgan fingerprint density at radius 3 is 2.57 bits per heavy atom. The highest BCUT2D eigenvalue weighted by Gasteiger charge is 2.27. The standard InChI is InChI=1S/C19H26N6O4S/c1-10(2)30(28,29)14-9-4-3-7-13(14)22-17-15(16(21)26)18(27)25-19(24-17)23-12-8-5-6-11(12)20/h3-4,7,9-12H,5-6,8,20H2,1-2H3,(H2,21,26)(H3,22,23,24,25,27)/t11-,12+/m1/s1. The molecular weight excluding hydrogens is 408 g/mol. The minimum atomic E-state index is -3.63. The van der Waals surface area contributed by atoms with Crippen molar-refractivity contribution in [3.05, 3.63) is 40.2 Å². The van der Waals surface area contributed by atoms with E-state index in [2.05, 4.69) is 20.6 Å². The second-order valence-electron chi connectivity index (χ2n) is 7.56. The van der Waals surface area contributed by atoms with Gasteiger partial charge in [-0.2, -0.15) is 4.98 Å². The third-order valence-electron chi connectivity index (χ3n) is 5.12. The summed E-state index contributed by atoms with van der Waals surface area (Å²) in [4.78, 5) is 31.2. The van der Waals surface area contributed by atoms with Gasteiger partial charge in [0.15, 0.2) is 15.7 Å². The minimum absolute atomic E-state index is 0.0322. The summed E-state index contributed by atoms with van der Waals surface area (Å²) in [7, 11) is -3.63. The molecule has 0 saturated heterocycles. The van der Waals surface area contributed by atoms with E-state index < -0.39 is 32.1 Å². The number of rotatable bonds is 7. The van der Waals surface area contributed by atoms with Crippen LogP contribution < -0.4 is 27.7 Å². The Morgan fingerprint density at radius 1 is 1.27 bits per heavy atom. The van der Waals surface area contributed by atoms with Gasteiger partial charge >= 0.3 is 0 Å². The van der Waals surface area contributed by atoms with Crippen molar-refractivity contribution in [3.8, 4) is 0 Å². The van der Waals surface area contributed by atoms with Gasteiger partial charge in [-0.1, -0.05) is 12.1 Å². The number of amides is 1. The Balaban J connectivity index is 2.05. The van der Waals surface area contributed by atoms with Crippen molar-refractivity contribution >= 4 is 33.2 Å². The van der Waals surface area contributed by atoms with Gasteiger partial charge in [0.05, 0.1) is 15.8 Å². The smallest absolute Gasteiger partial charge is 0.267 e. The Kier molecular flexibility index (Phi) is 6.13. The van der Waals surface area contributed by atoms with Gasteiger partial charge in [0.25, 0.3) is 11.5 Å². The molecule has 0 aliphatic heterocycles. The zero-order valence-corrected chi connectivity index (χ0v) is 17.6. The summed E-state index contributed by atoms with van der Waals surface area (Å²) in [5.41, 5.74) is 10.5. The predicted octanol–water partition coefficient (Wildman–Crippen LogP) is 1.09. The number of carbonyl (C=O) groups excluding carboxylic acids is 1. The summed E-state index contributed by atoms with van der Waals surface area (Å²) < 4.78 is 25.4.